The Hall–Kier alpha value is -2.88. The largest absolute Gasteiger partial charge is 0.455 e. The summed E-state index contributed by atoms with van der Waals surface area (Å²) in [6, 6.07) is 18.0. The van der Waals surface area contributed by atoms with Gasteiger partial charge in [-0.1, -0.05) is 42.5 Å². The maximum absolute atomic E-state index is 12.4. The Labute approximate surface area is 166 Å². The third-order valence-corrected chi connectivity index (χ3v) is 5.23. The van der Waals surface area contributed by atoms with Gasteiger partial charge in [-0.3, -0.25) is 0 Å². The number of hydrogen-bond donors (Lipinski definition) is 0. The van der Waals surface area contributed by atoms with Crippen LogP contribution in [0.25, 0.3) is 0 Å². The van der Waals surface area contributed by atoms with Gasteiger partial charge in [0.25, 0.3) is 0 Å². The van der Waals surface area contributed by atoms with Crippen molar-refractivity contribution < 1.29 is 19.1 Å². The van der Waals surface area contributed by atoms with Gasteiger partial charge in [0, 0.05) is 5.92 Å². The fourth-order valence-corrected chi connectivity index (χ4v) is 3.40. The second kappa shape index (κ2) is 8.01. The summed E-state index contributed by atoms with van der Waals surface area (Å²) in [4.78, 5) is 24.8. The molecule has 28 heavy (non-hydrogen) atoms. The minimum absolute atomic E-state index is 0.0451. The van der Waals surface area contributed by atoms with Crippen LogP contribution in [0, 0.1) is 5.92 Å². The van der Waals surface area contributed by atoms with Crippen molar-refractivity contribution in [3.63, 3.8) is 0 Å². The zero-order chi connectivity index (χ0) is 20.2. The van der Waals surface area contributed by atoms with Crippen LogP contribution in [0.4, 0.5) is 0 Å². The lowest BCUT2D eigenvalue weighted by Crippen LogP contribution is -2.41. The molecule has 0 radical (unpaired) electrons. The van der Waals surface area contributed by atoms with Gasteiger partial charge in [-0.25, -0.2) is 9.59 Å². The SMILES string of the molecule is CC(C)(OC(=O)c1ccccc1)[C@H]1C=C[C@](C)(OC(=O)c2ccccc2)CC1. The third-order valence-electron chi connectivity index (χ3n) is 5.23. The third kappa shape index (κ3) is 4.69. The van der Waals surface area contributed by atoms with E-state index >= 15 is 0 Å². The molecule has 2 atom stereocenters. The summed E-state index contributed by atoms with van der Waals surface area (Å²) in [6.45, 7) is 5.74. The van der Waals surface area contributed by atoms with E-state index in [2.05, 4.69) is 0 Å². The smallest absolute Gasteiger partial charge is 0.338 e. The van der Waals surface area contributed by atoms with Crippen LogP contribution >= 0.6 is 0 Å². The molecule has 0 saturated heterocycles. The minimum atomic E-state index is -0.664. The molecule has 0 heterocycles. The molecular weight excluding hydrogens is 352 g/mol. The van der Waals surface area contributed by atoms with E-state index in [1.807, 2.05) is 69.3 Å². The van der Waals surface area contributed by atoms with Crippen molar-refractivity contribution in [2.24, 2.45) is 5.92 Å². The van der Waals surface area contributed by atoms with Crippen LogP contribution in [-0.2, 0) is 9.47 Å². The van der Waals surface area contributed by atoms with Gasteiger partial charge < -0.3 is 9.47 Å². The molecule has 0 N–H and O–H groups in total. The predicted molar refractivity (Wildman–Crippen MR) is 108 cm³/mol. The van der Waals surface area contributed by atoms with Gasteiger partial charge in [-0.2, -0.15) is 0 Å². The first-order chi connectivity index (χ1) is 13.3. The van der Waals surface area contributed by atoms with Gasteiger partial charge in [0.15, 0.2) is 0 Å². The van der Waals surface area contributed by atoms with E-state index in [1.54, 1.807) is 24.3 Å². The lowest BCUT2D eigenvalue weighted by molar-refractivity contribution is -0.0329. The van der Waals surface area contributed by atoms with Crippen LogP contribution in [-0.4, -0.2) is 23.1 Å². The molecule has 0 amide bonds. The first kappa shape index (κ1) is 19.9. The topological polar surface area (TPSA) is 52.6 Å². The van der Waals surface area contributed by atoms with E-state index in [9.17, 15) is 9.59 Å². The summed E-state index contributed by atoms with van der Waals surface area (Å²) in [7, 11) is 0. The molecule has 146 valence electrons. The van der Waals surface area contributed by atoms with Crippen LogP contribution in [0.1, 0.15) is 54.3 Å². The van der Waals surface area contributed by atoms with Crippen LogP contribution in [0.2, 0.25) is 0 Å². The van der Waals surface area contributed by atoms with Crippen LogP contribution in [0.3, 0.4) is 0 Å². The maximum Gasteiger partial charge on any atom is 0.338 e. The first-order valence-corrected chi connectivity index (χ1v) is 9.55. The summed E-state index contributed by atoms with van der Waals surface area (Å²) in [5.74, 6) is -0.618. The van der Waals surface area contributed by atoms with E-state index in [-0.39, 0.29) is 17.9 Å². The Morgan fingerprint density at radius 3 is 1.96 bits per heavy atom. The van der Waals surface area contributed by atoms with Gasteiger partial charge in [0.1, 0.15) is 11.2 Å². The lowest BCUT2D eigenvalue weighted by Gasteiger charge is -2.38. The molecule has 3 rings (SSSR count). The molecule has 0 fully saturated rings. The molecule has 0 unspecified atom stereocenters. The number of rotatable bonds is 5. The van der Waals surface area contributed by atoms with Crippen molar-refractivity contribution in [3.05, 3.63) is 83.9 Å². The minimum Gasteiger partial charge on any atom is -0.455 e. The summed E-state index contributed by atoms with van der Waals surface area (Å²) < 4.78 is 11.5. The predicted octanol–water partition coefficient (Wildman–Crippen LogP) is 5.20. The molecule has 4 heteroatoms. The van der Waals surface area contributed by atoms with Crippen molar-refractivity contribution in [2.45, 2.75) is 44.8 Å². The van der Waals surface area contributed by atoms with Crippen LogP contribution < -0.4 is 0 Å². The highest BCUT2D eigenvalue weighted by Crippen LogP contribution is 2.36. The fraction of sp³-hybridized carbons (Fsp3) is 0.333. The van der Waals surface area contributed by atoms with Crippen molar-refractivity contribution in [1.82, 2.24) is 0 Å². The van der Waals surface area contributed by atoms with Crippen LogP contribution in [0.15, 0.2) is 72.8 Å². The molecule has 2 aromatic rings. The molecule has 2 aromatic carbocycles. The Morgan fingerprint density at radius 2 is 1.46 bits per heavy atom. The molecule has 0 aromatic heterocycles. The van der Waals surface area contributed by atoms with Gasteiger partial charge >= 0.3 is 11.9 Å². The number of carbonyl (C=O) groups excluding carboxylic acids is 2. The van der Waals surface area contributed by atoms with Crippen molar-refractivity contribution in [2.75, 3.05) is 0 Å². The summed E-state index contributed by atoms with van der Waals surface area (Å²) in [5, 5.41) is 0. The van der Waals surface area contributed by atoms with Gasteiger partial charge in [0.2, 0.25) is 0 Å². The number of esters is 2. The summed E-state index contributed by atoms with van der Waals surface area (Å²) in [5.41, 5.74) is -0.245. The number of hydrogen-bond acceptors (Lipinski definition) is 4. The number of benzene rings is 2. The Kier molecular flexibility index (Phi) is 5.68. The molecule has 1 aliphatic carbocycles. The highest BCUT2D eigenvalue weighted by Gasteiger charge is 2.38. The Balaban J connectivity index is 1.64. The quantitative estimate of drug-likeness (QED) is 0.530. The zero-order valence-electron chi connectivity index (χ0n) is 16.6. The molecule has 4 nitrogen and oxygen atoms in total. The van der Waals surface area contributed by atoms with E-state index in [0.717, 1.165) is 6.42 Å². The standard InChI is InChI=1S/C24H26O4/c1-23(2,27-21(25)18-10-6-4-7-11-18)20-14-16-24(3,17-15-20)28-22(26)19-12-8-5-9-13-19/h4-14,16,20H,15,17H2,1-3H3/t20-,24-/m0/s1. The number of carbonyl (C=O) groups is 2. The maximum atomic E-state index is 12.4. The summed E-state index contributed by atoms with van der Waals surface area (Å²) >= 11 is 0. The molecule has 0 aliphatic heterocycles. The van der Waals surface area contributed by atoms with Crippen molar-refractivity contribution in [3.8, 4) is 0 Å². The second-order valence-corrected chi connectivity index (χ2v) is 7.93. The van der Waals surface area contributed by atoms with E-state index in [0.29, 0.717) is 17.5 Å². The van der Waals surface area contributed by atoms with E-state index in [4.69, 9.17) is 9.47 Å². The highest BCUT2D eigenvalue weighted by atomic mass is 16.6. The van der Waals surface area contributed by atoms with Gasteiger partial charge in [-0.05, 0) is 64.0 Å². The lowest BCUT2D eigenvalue weighted by atomic mass is 9.78. The Morgan fingerprint density at radius 1 is 0.929 bits per heavy atom. The van der Waals surface area contributed by atoms with Gasteiger partial charge in [-0.15, -0.1) is 0 Å². The average molecular weight is 378 g/mol. The fourth-order valence-electron chi connectivity index (χ4n) is 3.40. The number of ether oxygens (including phenoxy) is 2. The second-order valence-electron chi connectivity index (χ2n) is 7.93. The molecular formula is C24H26O4. The molecule has 0 saturated carbocycles. The van der Waals surface area contributed by atoms with Gasteiger partial charge in [0.05, 0.1) is 11.1 Å². The highest BCUT2D eigenvalue weighted by molar-refractivity contribution is 5.90. The van der Waals surface area contributed by atoms with E-state index in [1.165, 1.54) is 0 Å². The van der Waals surface area contributed by atoms with Crippen molar-refractivity contribution in [1.29, 1.82) is 0 Å². The normalized spacial score (nSPS) is 21.8. The molecule has 0 spiro atoms. The monoisotopic (exact) mass is 378 g/mol. The van der Waals surface area contributed by atoms with Crippen LogP contribution in [0.5, 0.6) is 0 Å². The summed E-state index contributed by atoms with van der Waals surface area (Å²) in [6.07, 6.45) is 5.34. The first-order valence-electron chi connectivity index (χ1n) is 9.55. The average Bonchev–Trinajstić information content (AvgIpc) is 2.69. The molecule has 0 bridgehead atoms. The van der Waals surface area contributed by atoms with E-state index < -0.39 is 11.2 Å². The van der Waals surface area contributed by atoms with Crippen molar-refractivity contribution >= 4 is 11.9 Å². The molecule has 1 aliphatic rings. The Bertz CT molecular complexity index is 855. The zero-order valence-corrected chi connectivity index (χ0v) is 16.6.